The molecule has 0 atom stereocenters. The molecule has 5 nitrogen and oxygen atoms in total. The Morgan fingerprint density at radius 1 is 0.957 bits per heavy atom. The summed E-state index contributed by atoms with van der Waals surface area (Å²) in [5.41, 5.74) is 4.29. The molecule has 0 aliphatic rings. The topological polar surface area (TPSA) is 74.8 Å². The van der Waals surface area contributed by atoms with Crippen molar-refractivity contribution in [1.29, 1.82) is 0 Å². The summed E-state index contributed by atoms with van der Waals surface area (Å²) in [6.07, 6.45) is 1.64. The molecule has 2 aromatic carbocycles. The third-order valence-electron chi connectivity index (χ3n) is 3.57. The van der Waals surface area contributed by atoms with Gasteiger partial charge in [0.2, 0.25) is 0 Å². The lowest BCUT2D eigenvalue weighted by Gasteiger charge is -2.09. The number of H-pyrrole nitrogens is 1. The van der Waals surface area contributed by atoms with E-state index in [0.717, 1.165) is 22.5 Å². The molecule has 0 spiro atoms. The highest BCUT2D eigenvalue weighted by molar-refractivity contribution is 7.92. The van der Waals surface area contributed by atoms with E-state index >= 15 is 0 Å². The van der Waals surface area contributed by atoms with Gasteiger partial charge in [0.15, 0.2) is 0 Å². The molecule has 118 valence electrons. The van der Waals surface area contributed by atoms with Gasteiger partial charge in [0.1, 0.15) is 0 Å². The molecule has 0 unspecified atom stereocenters. The Labute approximate surface area is 135 Å². The van der Waals surface area contributed by atoms with Crippen molar-refractivity contribution in [2.24, 2.45) is 0 Å². The third-order valence-corrected chi connectivity index (χ3v) is 4.97. The van der Waals surface area contributed by atoms with Crippen LogP contribution in [0.3, 0.4) is 0 Å². The van der Waals surface area contributed by atoms with Crippen molar-refractivity contribution >= 4 is 15.7 Å². The van der Waals surface area contributed by atoms with Crippen LogP contribution in [-0.2, 0) is 10.0 Å². The first-order valence-electron chi connectivity index (χ1n) is 7.15. The van der Waals surface area contributed by atoms with Crippen LogP contribution in [0.25, 0.3) is 11.3 Å². The predicted molar refractivity (Wildman–Crippen MR) is 90.7 cm³/mol. The second-order valence-corrected chi connectivity index (χ2v) is 7.05. The minimum atomic E-state index is -3.58. The largest absolute Gasteiger partial charge is 0.348 e. The summed E-state index contributed by atoms with van der Waals surface area (Å²) in [4.78, 5) is 7.52. The van der Waals surface area contributed by atoms with Gasteiger partial charge in [0, 0.05) is 16.9 Å². The molecule has 0 saturated carbocycles. The summed E-state index contributed by atoms with van der Waals surface area (Å²) in [6.45, 7) is 3.86. The highest BCUT2D eigenvalue weighted by Gasteiger charge is 2.14. The second kappa shape index (κ2) is 5.89. The number of imidazole rings is 1. The molecule has 0 radical (unpaired) electrons. The normalized spacial score (nSPS) is 11.4. The van der Waals surface area contributed by atoms with Crippen LogP contribution in [-0.4, -0.2) is 18.4 Å². The van der Waals surface area contributed by atoms with Gasteiger partial charge in [0.05, 0.1) is 16.9 Å². The Bertz CT molecular complexity index is 911. The van der Waals surface area contributed by atoms with Crippen LogP contribution in [0.15, 0.2) is 59.8 Å². The van der Waals surface area contributed by atoms with E-state index in [2.05, 4.69) is 14.7 Å². The SMILES string of the molecule is Cc1ccc(S(=O)(=O)Nc2ccc(-c3nc[nH]c3C)cc2)cc1. The van der Waals surface area contributed by atoms with E-state index in [9.17, 15) is 8.42 Å². The summed E-state index contributed by atoms with van der Waals surface area (Å²) < 4.78 is 27.3. The van der Waals surface area contributed by atoms with Gasteiger partial charge in [-0.3, -0.25) is 4.72 Å². The predicted octanol–water partition coefficient (Wildman–Crippen LogP) is 3.49. The summed E-state index contributed by atoms with van der Waals surface area (Å²) in [5, 5.41) is 0. The molecule has 23 heavy (non-hydrogen) atoms. The number of benzene rings is 2. The molecular formula is C17H17N3O2S. The van der Waals surface area contributed by atoms with Crippen LogP contribution in [0.4, 0.5) is 5.69 Å². The van der Waals surface area contributed by atoms with E-state index in [-0.39, 0.29) is 4.90 Å². The first kappa shape index (κ1) is 15.3. The number of rotatable bonds is 4. The summed E-state index contributed by atoms with van der Waals surface area (Å²) in [6, 6.07) is 13.9. The van der Waals surface area contributed by atoms with Crippen LogP contribution in [0.2, 0.25) is 0 Å². The third kappa shape index (κ3) is 3.27. The average Bonchev–Trinajstić information content (AvgIpc) is 2.94. The number of sulfonamides is 1. The molecule has 0 aliphatic carbocycles. The van der Waals surface area contributed by atoms with Crippen molar-refractivity contribution in [2.75, 3.05) is 4.72 Å². The Hall–Kier alpha value is -2.60. The molecule has 0 amide bonds. The van der Waals surface area contributed by atoms with E-state index in [1.807, 2.05) is 26.0 Å². The Balaban J connectivity index is 1.83. The highest BCUT2D eigenvalue weighted by Crippen LogP contribution is 2.23. The fourth-order valence-corrected chi connectivity index (χ4v) is 3.34. The van der Waals surface area contributed by atoms with Crippen LogP contribution >= 0.6 is 0 Å². The molecular weight excluding hydrogens is 310 g/mol. The first-order valence-corrected chi connectivity index (χ1v) is 8.64. The van der Waals surface area contributed by atoms with E-state index < -0.39 is 10.0 Å². The van der Waals surface area contributed by atoms with Gasteiger partial charge in [0.25, 0.3) is 10.0 Å². The number of nitrogens with one attached hydrogen (secondary N) is 2. The molecule has 3 rings (SSSR count). The molecule has 0 bridgehead atoms. The van der Waals surface area contributed by atoms with Crippen LogP contribution in [0.1, 0.15) is 11.3 Å². The summed E-state index contributed by atoms with van der Waals surface area (Å²) >= 11 is 0. The van der Waals surface area contributed by atoms with Crippen LogP contribution < -0.4 is 4.72 Å². The molecule has 6 heteroatoms. The maximum Gasteiger partial charge on any atom is 0.261 e. The second-order valence-electron chi connectivity index (χ2n) is 5.37. The van der Waals surface area contributed by atoms with Crippen molar-refractivity contribution in [3.8, 4) is 11.3 Å². The van der Waals surface area contributed by atoms with E-state index in [1.54, 1.807) is 42.7 Å². The minimum absolute atomic E-state index is 0.246. The molecule has 1 aromatic heterocycles. The summed E-state index contributed by atoms with van der Waals surface area (Å²) in [7, 11) is -3.58. The zero-order valence-corrected chi connectivity index (χ0v) is 13.7. The summed E-state index contributed by atoms with van der Waals surface area (Å²) in [5.74, 6) is 0. The fraction of sp³-hybridized carbons (Fsp3) is 0.118. The van der Waals surface area contributed by atoms with E-state index in [0.29, 0.717) is 5.69 Å². The van der Waals surface area contributed by atoms with Gasteiger partial charge in [-0.05, 0) is 38.1 Å². The van der Waals surface area contributed by atoms with Gasteiger partial charge in [-0.2, -0.15) is 0 Å². The number of aromatic amines is 1. The van der Waals surface area contributed by atoms with Crippen LogP contribution in [0.5, 0.6) is 0 Å². The maximum absolute atomic E-state index is 12.4. The van der Waals surface area contributed by atoms with Crippen molar-refractivity contribution in [2.45, 2.75) is 18.7 Å². The number of aromatic nitrogens is 2. The monoisotopic (exact) mass is 327 g/mol. The minimum Gasteiger partial charge on any atom is -0.348 e. The van der Waals surface area contributed by atoms with Crippen molar-refractivity contribution in [1.82, 2.24) is 9.97 Å². The number of nitrogens with zero attached hydrogens (tertiary/aromatic N) is 1. The zero-order chi connectivity index (χ0) is 16.4. The smallest absolute Gasteiger partial charge is 0.261 e. The molecule has 0 aliphatic heterocycles. The maximum atomic E-state index is 12.4. The van der Waals surface area contributed by atoms with Gasteiger partial charge in [-0.15, -0.1) is 0 Å². The molecule has 0 fully saturated rings. The molecule has 2 N–H and O–H groups in total. The Morgan fingerprint density at radius 2 is 1.61 bits per heavy atom. The first-order chi connectivity index (χ1) is 11.0. The quantitative estimate of drug-likeness (QED) is 0.770. The van der Waals surface area contributed by atoms with E-state index in [1.165, 1.54) is 0 Å². The number of anilines is 1. The highest BCUT2D eigenvalue weighted by atomic mass is 32.2. The number of aryl methyl sites for hydroxylation is 2. The lowest BCUT2D eigenvalue weighted by atomic mass is 10.1. The Kier molecular flexibility index (Phi) is 3.92. The Morgan fingerprint density at radius 3 is 2.17 bits per heavy atom. The molecule has 1 heterocycles. The zero-order valence-electron chi connectivity index (χ0n) is 12.9. The standard InChI is InChI=1S/C17H17N3O2S/c1-12-3-9-16(10-4-12)23(21,22)20-15-7-5-14(6-8-15)17-13(2)18-11-19-17/h3-11,20H,1-2H3,(H,18,19). The number of hydrogen-bond acceptors (Lipinski definition) is 3. The number of hydrogen-bond donors (Lipinski definition) is 2. The van der Waals surface area contributed by atoms with Crippen molar-refractivity contribution < 1.29 is 8.42 Å². The van der Waals surface area contributed by atoms with Gasteiger partial charge >= 0.3 is 0 Å². The van der Waals surface area contributed by atoms with Gasteiger partial charge in [-0.1, -0.05) is 29.8 Å². The van der Waals surface area contributed by atoms with Crippen molar-refractivity contribution in [3.63, 3.8) is 0 Å². The average molecular weight is 327 g/mol. The van der Waals surface area contributed by atoms with Crippen molar-refractivity contribution in [3.05, 3.63) is 66.1 Å². The fourth-order valence-electron chi connectivity index (χ4n) is 2.28. The molecule has 3 aromatic rings. The lowest BCUT2D eigenvalue weighted by Crippen LogP contribution is -2.12. The molecule has 0 saturated heterocycles. The van der Waals surface area contributed by atoms with Crippen LogP contribution in [0, 0.1) is 13.8 Å². The van der Waals surface area contributed by atoms with Gasteiger partial charge < -0.3 is 4.98 Å². The van der Waals surface area contributed by atoms with E-state index in [4.69, 9.17) is 0 Å². The van der Waals surface area contributed by atoms with Gasteiger partial charge in [-0.25, -0.2) is 13.4 Å². The lowest BCUT2D eigenvalue weighted by molar-refractivity contribution is 0.601.